The lowest BCUT2D eigenvalue weighted by molar-refractivity contribution is 0.102. The Balaban J connectivity index is 1.72. The molecule has 0 saturated carbocycles. The molecule has 0 aliphatic rings. The van der Waals surface area contributed by atoms with Crippen molar-refractivity contribution < 1.29 is 4.74 Å². The van der Waals surface area contributed by atoms with E-state index in [2.05, 4.69) is 31.3 Å². The molecule has 0 fully saturated rings. The first-order valence-electron chi connectivity index (χ1n) is 6.30. The largest absolute Gasteiger partial charge is 0.369 e. The summed E-state index contributed by atoms with van der Waals surface area (Å²) in [4.78, 5) is 9.74. The topological polar surface area (TPSA) is 73.1 Å². The first-order chi connectivity index (χ1) is 10.3. The number of ether oxygens (including phenoxy) is 1. The number of nitrogen functional groups attached to an aromatic ring is 1. The second kappa shape index (κ2) is 6.48. The fraction of sp³-hybridized carbons (Fsp3) is 0.143. The molecule has 0 bridgehead atoms. The molecule has 3 aromatic rings. The molecule has 108 valence electrons. The van der Waals surface area contributed by atoms with Gasteiger partial charge in [0.2, 0.25) is 0 Å². The SMILES string of the molecule is NNc1nc(COCc2ccccc2Br)nc2sccc12. The number of nitrogens with two attached hydrogens (primary N) is 1. The van der Waals surface area contributed by atoms with E-state index in [0.29, 0.717) is 24.9 Å². The zero-order valence-electron chi connectivity index (χ0n) is 11.0. The van der Waals surface area contributed by atoms with Gasteiger partial charge in [-0.2, -0.15) is 0 Å². The molecule has 0 atom stereocenters. The monoisotopic (exact) mass is 364 g/mol. The Morgan fingerprint density at radius 1 is 1.19 bits per heavy atom. The van der Waals surface area contributed by atoms with Crippen LogP contribution in [0.1, 0.15) is 11.4 Å². The molecule has 1 aromatic carbocycles. The van der Waals surface area contributed by atoms with Crippen molar-refractivity contribution in [3.05, 3.63) is 51.6 Å². The number of nitrogens with one attached hydrogen (secondary N) is 1. The molecule has 7 heteroatoms. The van der Waals surface area contributed by atoms with E-state index in [1.54, 1.807) is 11.3 Å². The molecule has 0 unspecified atom stereocenters. The molecule has 5 nitrogen and oxygen atoms in total. The van der Waals surface area contributed by atoms with Gasteiger partial charge in [-0.15, -0.1) is 11.3 Å². The molecule has 3 N–H and O–H groups in total. The van der Waals surface area contributed by atoms with E-state index in [1.807, 2.05) is 35.7 Å². The van der Waals surface area contributed by atoms with E-state index in [-0.39, 0.29) is 0 Å². The van der Waals surface area contributed by atoms with Crippen molar-refractivity contribution in [2.24, 2.45) is 5.84 Å². The van der Waals surface area contributed by atoms with Gasteiger partial charge in [0.25, 0.3) is 0 Å². The lowest BCUT2D eigenvalue weighted by Crippen LogP contribution is -2.11. The summed E-state index contributed by atoms with van der Waals surface area (Å²) >= 11 is 5.05. The Morgan fingerprint density at radius 2 is 2.05 bits per heavy atom. The summed E-state index contributed by atoms with van der Waals surface area (Å²) in [6.45, 7) is 0.836. The number of hydrogen-bond donors (Lipinski definition) is 2. The van der Waals surface area contributed by atoms with Gasteiger partial charge in [-0.3, -0.25) is 0 Å². The Hall–Kier alpha value is -1.54. The maximum absolute atomic E-state index is 5.69. The zero-order valence-corrected chi connectivity index (χ0v) is 13.4. The van der Waals surface area contributed by atoms with E-state index in [0.717, 1.165) is 20.3 Å². The van der Waals surface area contributed by atoms with Crippen LogP contribution in [0.2, 0.25) is 0 Å². The summed E-state index contributed by atoms with van der Waals surface area (Å²) in [5.74, 6) is 6.74. The molecular weight excluding hydrogens is 352 g/mol. The van der Waals surface area contributed by atoms with Gasteiger partial charge in [0, 0.05) is 4.47 Å². The van der Waals surface area contributed by atoms with Crippen LogP contribution in [-0.4, -0.2) is 9.97 Å². The maximum atomic E-state index is 5.69. The Labute approximate surface area is 134 Å². The van der Waals surface area contributed by atoms with Crippen molar-refractivity contribution in [2.45, 2.75) is 13.2 Å². The third kappa shape index (κ3) is 3.21. The molecule has 0 spiro atoms. The number of rotatable bonds is 5. The second-order valence-electron chi connectivity index (χ2n) is 4.36. The Kier molecular flexibility index (Phi) is 4.45. The van der Waals surface area contributed by atoms with Crippen molar-refractivity contribution in [2.75, 3.05) is 5.43 Å². The normalized spacial score (nSPS) is 11.0. The van der Waals surface area contributed by atoms with Crippen LogP contribution in [0.4, 0.5) is 5.82 Å². The van der Waals surface area contributed by atoms with Crippen LogP contribution in [0.25, 0.3) is 10.2 Å². The highest BCUT2D eigenvalue weighted by atomic mass is 79.9. The van der Waals surface area contributed by atoms with Crippen LogP contribution in [-0.2, 0) is 18.0 Å². The minimum absolute atomic E-state index is 0.337. The van der Waals surface area contributed by atoms with Gasteiger partial charge in [0.15, 0.2) is 11.6 Å². The Bertz CT molecular complexity index is 762. The van der Waals surface area contributed by atoms with Gasteiger partial charge in [-0.05, 0) is 23.1 Å². The smallest absolute Gasteiger partial charge is 0.158 e. The van der Waals surface area contributed by atoms with Crippen molar-refractivity contribution in [3.8, 4) is 0 Å². The minimum atomic E-state index is 0.337. The number of benzene rings is 1. The van der Waals surface area contributed by atoms with Gasteiger partial charge in [-0.25, -0.2) is 15.8 Å². The summed E-state index contributed by atoms with van der Waals surface area (Å²) in [5.41, 5.74) is 3.70. The van der Waals surface area contributed by atoms with Crippen LogP contribution < -0.4 is 11.3 Å². The summed E-state index contributed by atoms with van der Waals surface area (Å²) in [7, 11) is 0. The van der Waals surface area contributed by atoms with Crippen molar-refractivity contribution in [1.82, 2.24) is 9.97 Å². The highest BCUT2D eigenvalue weighted by Gasteiger charge is 2.08. The minimum Gasteiger partial charge on any atom is -0.369 e. The number of hydrogen-bond acceptors (Lipinski definition) is 6. The van der Waals surface area contributed by atoms with E-state index >= 15 is 0 Å². The average molecular weight is 365 g/mol. The zero-order chi connectivity index (χ0) is 14.7. The molecule has 0 radical (unpaired) electrons. The van der Waals surface area contributed by atoms with Crippen molar-refractivity contribution >= 4 is 43.3 Å². The first-order valence-corrected chi connectivity index (χ1v) is 7.97. The third-order valence-electron chi connectivity index (χ3n) is 2.95. The van der Waals surface area contributed by atoms with E-state index in [1.165, 1.54) is 0 Å². The lowest BCUT2D eigenvalue weighted by atomic mass is 10.2. The molecule has 2 heterocycles. The number of halogens is 1. The van der Waals surface area contributed by atoms with Gasteiger partial charge in [0.1, 0.15) is 11.4 Å². The fourth-order valence-electron chi connectivity index (χ4n) is 1.94. The highest BCUT2D eigenvalue weighted by molar-refractivity contribution is 9.10. The number of aromatic nitrogens is 2. The predicted molar refractivity (Wildman–Crippen MR) is 87.9 cm³/mol. The van der Waals surface area contributed by atoms with E-state index < -0.39 is 0 Å². The van der Waals surface area contributed by atoms with Crippen LogP contribution >= 0.6 is 27.3 Å². The molecule has 2 aromatic heterocycles. The van der Waals surface area contributed by atoms with Crippen LogP contribution in [0.5, 0.6) is 0 Å². The molecule has 0 aliphatic heterocycles. The number of hydrazine groups is 1. The van der Waals surface area contributed by atoms with Crippen LogP contribution in [0.3, 0.4) is 0 Å². The second-order valence-corrected chi connectivity index (χ2v) is 6.11. The van der Waals surface area contributed by atoms with Gasteiger partial charge in [-0.1, -0.05) is 34.1 Å². The number of nitrogens with zero attached hydrogens (tertiary/aromatic N) is 2. The summed E-state index contributed by atoms with van der Waals surface area (Å²) in [5, 5.41) is 2.89. The molecule has 0 aliphatic carbocycles. The van der Waals surface area contributed by atoms with E-state index in [4.69, 9.17) is 10.6 Å². The van der Waals surface area contributed by atoms with Gasteiger partial charge < -0.3 is 10.2 Å². The van der Waals surface area contributed by atoms with Crippen LogP contribution in [0, 0.1) is 0 Å². The van der Waals surface area contributed by atoms with Gasteiger partial charge in [0.05, 0.1) is 12.0 Å². The van der Waals surface area contributed by atoms with Crippen molar-refractivity contribution in [3.63, 3.8) is 0 Å². The summed E-state index contributed by atoms with van der Waals surface area (Å²) in [6, 6.07) is 9.90. The molecular formula is C14H13BrN4OS. The van der Waals surface area contributed by atoms with Crippen molar-refractivity contribution in [1.29, 1.82) is 0 Å². The summed E-state index contributed by atoms with van der Waals surface area (Å²) in [6.07, 6.45) is 0. The molecule has 0 amide bonds. The summed E-state index contributed by atoms with van der Waals surface area (Å²) < 4.78 is 6.72. The lowest BCUT2D eigenvalue weighted by Gasteiger charge is -2.07. The third-order valence-corrected chi connectivity index (χ3v) is 4.53. The highest BCUT2D eigenvalue weighted by Crippen LogP contribution is 2.24. The number of anilines is 1. The number of fused-ring (bicyclic) bond motifs is 1. The molecule has 21 heavy (non-hydrogen) atoms. The van der Waals surface area contributed by atoms with Gasteiger partial charge >= 0.3 is 0 Å². The number of thiophene rings is 1. The fourth-order valence-corrected chi connectivity index (χ4v) is 3.12. The molecule has 3 rings (SSSR count). The van der Waals surface area contributed by atoms with Crippen LogP contribution in [0.15, 0.2) is 40.2 Å². The first kappa shape index (κ1) is 14.4. The van der Waals surface area contributed by atoms with E-state index in [9.17, 15) is 0 Å². The standard InChI is InChI=1S/C14H13BrN4OS/c15-11-4-2-1-3-9(11)7-20-8-12-17-13(19-16)10-5-6-21-14(10)18-12/h1-6H,7-8,16H2,(H,17,18,19). The maximum Gasteiger partial charge on any atom is 0.158 e. The Morgan fingerprint density at radius 3 is 2.86 bits per heavy atom. The quantitative estimate of drug-likeness (QED) is 0.535. The molecule has 0 saturated heterocycles. The predicted octanol–water partition coefficient (Wildman–Crippen LogP) is 3.46. The average Bonchev–Trinajstić information content (AvgIpc) is 2.97.